The van der Waals surface area contributed by atoms with E-state index in [0.717, 1.165) is 16.7 Å². The lowest BCUT2D eigenvalue weighted by atomic mass is 9.95. The van der Waals surface area contributed by atoms with Crippen LogP contribution < -0.4 is 9.47 Å². The second kappa shape index (κ2) is 9.96. The van der Waals surface area contributed by atoms with E-state index in [1.54, 1.807) is 54.6 Å². The van der Waals surface area contributed by atoms with Gasteiger partial charge in [0.2, 0.25) is 0 Å². The molecule has 0 amide bonds. The van der Waals surface area contributed by atoms with Crippen molar-refractivity contribution in [2.75, 3.05) is 0 Å². The molecule has 0 atom stereocenters. The van der Waals surface area contributed by atoms with Gasteiger partial charge in [-0.2, -0.15) is 0 Å². The highest BCUT2D eigenvalue weighted by atomic mass is 16.6. The Bertz CT molecular complexity index is 1250. The van der Waals surface area contributed by atoms with E-state index in [4.69, 9.17) is 9.47 Å². The minimum Gasteiger partial charge on any atom is -0.419 e. The van der Waals surface area contributed by atoms with E-state index < -0.39 is 11.9 Å². The van der Waals surface area contributed by atoms with Crippen molar-refractivity contribution in [3.63, 3.8) is 0 Å². The van der Waals surface area contributed by atoms with E-state index in [0.29, 0.717) is 11.1 Å². The van der Waals surface area contributed by atoms with Gasteiger partial charge in [0, 0.05) is 5.56 Å². The molecule has 0 radical (unpaired) electrons. The monoisotopic (exact) mass is 436 g/mol. The first kappa shape index (κ1) is 22.0. The highest BCUT2D eigenvalue weighted by molar-refractivity contribution is 5.94. The van der Waals surface area contributed by atoms with Crippen LogP contribution in [0.2, 0.25) is 0 Å². The topological polar surface area (TPSA) is 52.6 Å². The maximum atomic E-state index is 12.9. The number of hydrogen-bond acceptors (Lipinski definition) is 4. The van der Waals surface area contributed by atoms with Crippen molar-refractivity contribution >= 4 is 11.9 Å². The molecule has 33 heavy (non-hydrogen) atoms. The number of benzene rings is 4. The third-order valence-electron chi connectivity index (χ3n) is 5.23. The molecule has 4 aromatic rings. The van der Waals surface area contributed by atoms with E-state index in [9.17, 15) is 9.59 Å². The quantitative estimate of drug-likeness (QED) is 0.243. The molecule has 164 valence electrons. The molecule has 0 saturated heterocycles. The Morgan fingerprint density at radius 3 is 1.61 bits per heavy atom. The van der Waals surface area contributed by atoms with Gasteiger partial charge in [-0.25, -0.2) is 9.59 Å². The fourth-order valence-corrected chi connectivity index (χ4v) is 3.49. The summed E-state index contributed by atoms with van der Waals surface area (Å²) in [4.78, 5) is 25.8. The molecular formula is C29H24O4. The summed E-state index contributed by atoms with van der Waals surface area (Å²) in [5.41, 5.74) is 3.44. The van der Waals surface area contributed by atoms with Crippen molar-refractivity contribution in [3.05, 3.63) is 120 Å². The molecule has 4 aromatic carbocycles. The van der Waals surface area contributed by atoms with Gasteiger partial charge in [-0.05, 0) is 53.4 Å². The van der Waals surface area contributed by atoms with Crippen LogP contribution in [0.1, 0.15) is 46.0 Å². The zero-order valence-corrected chi connectivity index (χ0v) is 18.5. The third kappa shape index (κ3) is 5.18. The maximum absolute atomic E-state index is 12.9. The van der Waals surface area contributed by atoms with Gasteiger partial charge in [0.15, 0.2) is 11.5 Å². The molecule has 4 rings (SSSR count). The molecule has 0 spiro atoms. The van der Waals surface area contributed by atoms with E-state index in [-0.39, 0.29) is 17.4 Å². The number of carbonyl (C=O) groups excluding carboxylic acids is 2. The summed E-state index contributed by atoms with van der Waals surface area (Å²) in [6.45, 7) is 4.01. The van der Waals surface area contributed by atoms with Crippen LogP contribution >= 0.6 is 0 Å². The van der Waals surface area contributed by atoms with Crippen molar-refractivity contribution in [1.29, 1.82) is 0 Å². The molecule has 4 nitrogen and oxygen atoms in total. The summed E-state index contributed by atoms with van der Waals surface area (Å²) < 4.78 is 11.6. The van der Waals surface area contributed by atoms with Gasteiger partial charge in [0.25, 0.3) is 0 Å². The molecular weight excluding hydrogens is 412 g/mol. The van der Waals surface area contributed by atoms with Crippen molar-refractivity contribution in [2.45, 2.75) is 19.8 Å². The standard InChI is InChI=1S/C29H24O4/c1-20(2)25-18-24(21-12-6-3-7-13-21)19-26(32-28(30)22-14-8-4-9-15-22)27(25)33-29(31)23-16-10-5-11-17-23/h3-20H,1-2H3. The molecule has 0 aliphatic heterocycles. The Labute approximate surface area is 193 Å². The van der Waals surface area contributed by atoms with Gasteiger partial charge < -0.3 is 9.47 Å². The molecule has 0 heterocycles. The van der Waals surface area contributed by atoms with Gasteiger partial charge in [-0.15, -0.1) is 0 Å². The lowest BCUT2D eigenvalue weighted by Gasteiger charge is -2.19. The van der Waals surface area contributed by atoms with E-state index >= 15 is 0 Å². The summed E-state index contributed by atoms with van der Waals surface area (Å²) in [5, 5.41) is 0. The summed E-state index contributed by atoms with van der Waals surface area (Å²) in [6.07, 6.45) is 0. The minimum absolute atomic E-state index is 0.0152. The first-order valence-corrected chi connectivity index (χ1v) is 10.8. The Hall–Kier alpha value is -4.18. The Morgan fingerprint density at radius 2 is 1.09 bits per heavy atom. The lowest BCUT2D eigenvalue weighted by Crippen LogP contribution is -2.14. The van der Waals surface area contributed by atoms with Gasteiger partial charge >= 0.3 is 11.9 Å². The molecule has 0 unspecified atom stereocenters. The SMILES string of the molecule is CC(C)c1cc(-c2ccccc2)cc(OC(=O)c2ccccc2)c1OC(=O)c1ccccc1. The molecule has 0 fully saturated rings. The second-order valence-electron chi connectivity index (χ2n) is 7.92. The van der Waals surface area contributed by atoms with E-state index in [1.807, 2.05) is 62.4 Å². The fraction of sp³-hybridized carbons (Fsp3) is 0.103. The molecule has 0 aliphatic rings. The first-order chi connectivity index (χ1) is 16.0. The van der Waals surface area contributed by atoms with Crippen LogP contribution in [0.4, 0.5) is 0 Å². The van der Waals surface area contributed by atoms with Gasteiger partial charge in [-0.1, -0.05) is 80.6 Å². The van der Waals surface area contributed by atoms with Crippen LogP contribution in [0.15, 0.2) is 103 Å². The van der Waals surface area contributed by atoms with E-state index in [2.05, 4.69) is 0 Å². The second-order valence-corrected chi connectivity index (χ2v) is 7.92. The number of hydrogen-bond donors (Lipinski definition) is 0. The molecule has 0 saturated carbocycles. The van der Waals surface area contributed by atoms with Crippen LogP contribution in [0, 0.1) is 0 Å². The van der Waals surface area contributed by atoms with Crippen LogP contribution in [0.5, 0.6) is 11.5 Å². The first-order valence-electron chi connectivity index (χ1n) is 10.8. The summed E-state index contributed by atoms with van der Waals surface area (Å²) in [7, 11) is 0. The molecule has 0 aromatic heterocycles. The van der Waals surface area contributed by atoms with Crippen LogP contribution in [-0.4, -0.2) is 11.9 Å². The minimum atomic E-state index is -0.521. The van der Waals surface area contributed by atoms with Gasteiger partial charge in [0.05, 0.1) is 11.1 Å². The number of rotatable bonds is 6. The van der Waals surface area contributed by atoms with Gasteiger partial charge in [-0.3, -0.25) is 0 Å². The molecule has 0 N–H and O–H groups in total. The van der Waals surface area contributed by atoms with Gasteiger partial charge in [0.1, 0.15) is 0 Å². The van der Waals surface area contributed by atoms with Crippen LogP contribution in [0.3, 0.4) is 0 Å². The van der Waals surface area contributed by atoms with Crippen molar-refractivity contribution in [1.82, 2.24) is 0 Å². The number of ether oxygens (including phenoxy) is 2. The normalized spacial score (nSPS) is 10.6. The largest absolute Gasteiger partial charge is 0.419 e. The zero-order valence-electron chi connectivity index (χ0n) is 18.5. The molecule has 0 aliphatic carbocycles. The zero-order chi connectivity index (χ0) is 23.2. The van der Waals surface area contributed by atoms with E-state index in [1.165, 1.54) is 0 Å². The summed E-state index contributed by atoms with van der Waals surface area (Å²) in [5.74, 6) is -0.558. The van der Waals surface area contributed by atoms with Crippen LogP contribution in [0.25, 0.3) is 11.1 Å². The maximum Gasteiger partial charge on any atom is 0.343 e. The Balaban J connectivity index is 1.81. The Kier molecular flexibility index (Phi) is 6.65. The molecule has 0 bridgehead atoms. The van der Waals surface area contributed by atoms with Crippen molar-refractivity contribution in [3.8, 4) is 22.6 Å². The predicted octanol–water partition coefficient (Wildman–Crippen LogP) is 6.92. The smallest absolute Gasteiger partial charge is 0.343 e. The predicted molar refractivity (Wildman–Crippen MR) is 129 cm³/mol. The molecule has 4 heteroatoms. The third-order valence-corrected chi connectivity index (χ3v) is 5.23. The summed E-state index contributed by atoms with van der Waals surface area (Å²) in [6, 6.07) is 31.0. The average molecular weight is 437 g/mol. The highest BCUT2D eigenvalue weighted by Crippen LogP contribution is 2.41. The van der Waals surface area contributed by atoms with Crippen molar-refractivity contribution in [2.24, 2.45) is 0 Å². The number of esters is 2. The highest BCUT2D eigenvalue weighted by Gasteiger charge is 2.23. The Morgan fingerprint density at radius 1 is 0.606 bits per heavy atom. The summed E-state index contributed by atoms with van der Waals surface area (Å²) >= 11 is 0. The lowest BCUT2D eigenvalue weighted by molar-refractivity contribution is 0.0680. The fourth-order valence-electron chi connectivity index (χ4n) is 3.49. The number of carbonyl (C=O) groups is 2. The van der Waals surface area contributed by atoms with Crippen molar-refractivity contribution < 1.29 is 19.1 Å². The van der Waals surface area contributed by atoms with Crippen LogP contribution in [-0.2, 0) is 0 Å². The average Bonchev–Trinajstić information content (AvgIpc) is 2.86.